The molecule has 0 atom stereocenters. The zero-order chi connectivity index (χ0) is 41.4. The summed E-state index contributed by atoms with van der Waals surface area (Å²) in [5.41, 5.74) is 18.1. The summed E-state index contributed by atoms with van der Waals surface area (Å²) in [5, 5.41) is 5.88. The van der Waals surface area contributed by atoms with E-state index in [4.69, 9.17) is 0 Å². The zero-order valence-electron chi connectivity index (χ0n) is 34.9. The predicted molar refractivity (Wildman–Crippen MR) is 263 cm³/mol. The Balaban J connectivity index is 1.10. The molecular weight excluding hydrogens is 771 g/mol. The van der Waals surface area contributed by atoms with Crippen molar-refractivity contribution in [2.45, 2.75) is 38.0 Å². The molecule has 0 unspecified atom stereocenters. The number of thiophene rings is 1. The number of hydrogen-bond acceptors (Lipinski definition) is 3. The molecule has 0 amide bonds. The smallest absolute Gasteiger partial charge is 0.0999 e. The van der Waals surface area contributed by atoms with E-state index in [0.29, 0.717) is 5.92 Å². The third-order valence-corrected chi connectivity index (χ3v) is 14.1. The van der Waals surface area contributed by atoms with Crippen molar-refractivity contribution in [2.24, 2.45) is 0 Å². The van der Waals surface area contributed by atoms with Crippen LogP contribution in [0.15, 0.2) is 206 Å². The minimum Gasteiger partial charge on any atom is -0.310 e. The van der Waals surface area contributed by atoms with Gasteiger partial charge in [0.25, 0.3) is 0 Å². The van der Waals surface area contributed by atoms with Crippen LogP contribution in [0.5, 0.6) is 0 Å². The summed E-state index contributed by atoms with van der Waals surface area (Å²) >= 11 is 1.77. The predicted octanol–water partition coefficient (Wildman–Crippen LogP) is 16.6. The van der Waals surface area contributed by atoms with Crippen LogP contribution in [0.2, 0.25) is 0 Å². The highest BCUT2D eigenvalue weighted by Crippen LogP contribution is 2.52. The molecule has 0 aliphatic heterocycles. The van der Waals surface area contributed by atoms with Crippen LogP contribution < -0.4 is 9.80 Å². The first kappa shape index (κ1) is 36.7. The van der Waals surface area contributed by atoms with Crippen molar-refractivity contribution in [1.82, 2.24) is 4.57 Å². The molecule has 10 aromatic rings. The summed E-state index contributed by atoms with van der Waals surface area (Å²) in [6.07, 6.45) is 2.57. The number of para-hydroxylation sites is 3. The van der Waals surface area contributed by atoms with Crippen LogP contribution in [0.3, 0.4) is 0 Å². The van der Waals surface area contributed by atoms with E-state index in [1.54, 1.807) is 11.3 Å². The summed E-state index contributed by atoms with van der Waals surface area (Å²) in [6.45, 7) is 4.73. The third kappa shape index (κ3) is 6.08. The molecule has 0 radical (unpaired) electrons. The largest absolute Gasteiger partial charge is 0.310 e. The van der Waals surface area contributed by atoms with E-state index < -0.39 is 0 Å². The SMILES string of the molecule is CC1(C)c2ccccc2-c2ccc(N(c3ccccc3)c3cc(-c4ccc5c(c4)c4ccccc4n5-c4cccs4)cc(N(c4ccccc4)c4ccc(C5CC5)cc4)c3)cc21. The number of anilines is 6. The standard InChI is InChI=1S/C58H45N3S/c1-58(2)53-20-11-9-18-49(53)50-31-30-46(38-54(50)58)60(44-16-7-4-8-17-44)48-35-42(41-27-32-56-52(36-41)51-19-10-12-21-55(51)61(56)57-22-13-33-62-57)34-47(37-48)59(43-14-5-3-6-15-43)45-28-25-40(26-29-45)39-23-24-39/h3-22,25-39H,23-24H2,1-2H3. The molecule has 2 heterocycles. The minimum absolute atomic E-state index is 0.133. The van der Waals surface area contributed by atoms with Crippen LogP contribution in [-0.2, 0) is 5.41 Å². The summed E-state index contributed by atoms with van der Waals surface area (Å²) < 4.78 is 2.41. The average molecular weight is 816 g/mol. The molecule has 1 saturated carbocycles. The molecular formula is C58H45N3S. The molecule has 8 aromatic carbocycles. The number of rotatable bonds is 9. The number of aromatic nitrogens is 1. The van der Waals surface area contributed by atoms with Crippen molar-refractivity contribution in [1.29, 1.82) is 0 Å². The van der Waals surface area contributed by atoms with E-state index in [2.05, 4.69) is 234 Å². The van der Waals surface area contributed by atoms with Crippen LogP contribution in [-0.4, -0.2) is 4.57 Å². The van der Waals surface area contributed by atoms with E-state index in [1.165, 1.54) is 73.0 Å². The van der Waals surface area contributed by atoms with Gasteiger partial charge in [0, 0.05) is 50.3 Å². The Kier molecular flexibility index (Phi) is 8.58. The lowest BCUT2D eigenvalue weighted by molar-refractivity contribution is 0.660. The molecule has 0 bridgehead atoms. The minimum atomic E-state index is -0.133. The highest BCUT2D eigenvalue weighted by molar-refractivity contribution is 7.12. The number of hydrogen-bond donors (Lipinski definition) is 0. The molecule has 1 fully saturated rings. The van der Waals surface area contributed by atoms with Gasteiger partial charge in [-0.1, -0.05) is 117 Å². The molecule has 12 rings (SSSR count). The molecule has 2 aliphatic carbocycles. The summed E-state index contributed by atoms with van der Waals surface area (Å²) in [7, 11) is 0. The first-order chi connectivity index (χ1) is 30.5. The molecule has 0 N–H and O–H groups in total. The summed E-state index contributed by atoms with van der Waals surface area (Å²) in [6, 6.07) is 74.4. The second kappa shape index (κ2) is 14.5. The topological polar surface area (TPSA) is 11.4 Å². The highest BCUT2D eigenvalue weighted by Gasteiger charge is 2.36. The van der Waals surface area contributed by atoms with Crippen molar-refractivity contribution in [3.05, 3.63) is 222 Å². The molecule has 0 spiro atoms. The molecule has 3 nitrogen and oxygen atoms in total. The van der Waals surface area contributed by atoms with E-state index in [-0.39, 0.29) is 5.41 Å². The molecule has 2 aromatic heterocycles. The van der Waals surface area contributed by atoms with E-state index in [1.807, 2.05) is 0 Å². The Morgan fingerprint density at radius 3 is 1.77 bits per heavy atom. The van der Waals surface area contributed by atoms with Gasteiger partial charge in [-0.3, -0.25) is 0 Å². The van der Waals surface area contributed by atoms with Gasteiger partial charge in [-0.25, -0.2) is 0 Å². The quantitative estimate of drug-likeness (QED) is 0.144. The van der Waals surface area contributed by atoms with Crippen molar-refractivity contribution >= 4 is 67.3 Å². The van der Waals surface area contributed by atoms with E-state index in [9.17, 15) is 0 Å². The Morgan fingerprint density at radius 2 is 1.06 bits per heavy atom. The Labute approximate surface area is 367 Å². The zero-order valence-corrected chi connectivity index (χ0v) is 35.7. The van der Waals surface area contributed by atoms with Crippen LogP contribution in [0, 0.1) is 0 Å². The Hall–Kier alpha value is -7.14. The van der Waals surface area contributed by atoms with Crippen LogP contribution in [0.25, 0.3) is 49.1 Å². The Morgan fingerprint density at radius 1 is 0.452 bits per heavy atom. The molecule has 298 valence electrons. The summed E-state index contributed by atoms with van der Waals surface area (Å²) in [4.78, 5) is 4.88. The van der Waals surface area contributed by atoms with Crippen LogP contribution in [0.4, 0.5) is 34.1 Å². The van der Waals surface area contributed by atoms with Crippen LogP contribution >= 0.6 is 11.3 Å². The second-order valence-corrected chi connectivity index (χ2v) is 18.3. The molecule has 4 heteroatoms. The molecule has 0 saturated heterocycles. The van der Waals surface area contributed by atoms with Gasteiger partial charge in [0.2, 0.25) is 0 Å². The van der Waals surface area contributed by atoms with Gasteiger partial charge in [-0.15, -0.1) is 11.3 Å². The van der Waals surface area contributed by atoms with Crippen molar-refractivity contribution < 1.29 is 0 Å². The first-order valence-corrected chi connectivity index (χ1v) is 22.6. The van der Waals surface area contributed by atoms with Crippen LogP contribution in [0.1, 0.15) is 49.3 Å². The lowest BCUT2D eigenvalue weighted by Gasteiger charge is -2.31. The van der Waals surface area contributed by atoms with Gasteiger partial charge in [0.1, 0.15) is 0 Å². The van der Waals surface area contributed by atoms with Gasteiger partial charge in [0.05, 0.1) is 16.0 Å². The van der Waals surface area contributed by atoms with Gasteiger partial charge in [0.15, 0.2) is 0 Å². The van der Waals surface area contributed by atoms with E-state index in [0.717, 1.165) is 39.7 Å². The maximum Gasteiger partial charge on any atom is 0.0999 e. The normalized spacial score (nSPS) is 13.9. The fourth-order valence-corrected chi connectivity index (χ4v) is 10.8. The lowest BCUT2D eigenvalue weighted by Crippen LogP contribution is -2.17. The van der Waals surface area contributed by atoms with Crippen molar-refractivity contribution in [3.63, 3.8) is 0 Å². The molecule has 2 aliphatic rings. The van der Waals surface area contributed by atoms with Gasteiger partial charge < -0.3 is 14.4 Å². The number of nitrogens with zero attached hydrogens (tertiary/aromatic N) is 3. The highest BCUT2D eigenvalue weighted by atomic mass is 32.1. The fraction of sp³-hybridized carbons (Fsp3) is 0.103. The third-order valence-electron chi connectivity index (χ3n) is 13.2. The van der Waals surface area contributed by atoms with Crippen molar-refractivity contribution in [2.75, 3.05) is 9.80 Å². The monoisotopic (exact) mass is 815 g/mol. The van der Waals surface area contributed by atoms with Gasteiger partial charge >= 0.3 is 0 Å². The first-order valence-electron chi connectivity index (χ1n) is 21.8. The molecule has 62 heavy (non-hydrogen) atoms. The maximum absolute atomic E-state index is 2.45. The number of fused-ring (bicyclic) bond motifs is 6. The lowest BCUT2D eigenvalue weighted by atomic mass is 9.82. The number of benzene rings is 8. The fourth-order valence-electron chi connectivity index (χ4n) is 10.00. The summed E-state index contributed by atoms with van der Waals surface area (Å²) in [5.74, 6) is 0.689. The average Bonchev–Trinajstić information content (AvgIpc) is 3.86. The van der Waals surface area contributed by atoms with E-state index >= 15 is 0 Å². The van der Waals surface area contributed by atoms with Gasteiger partial charge in [-0.05, 0) is 160 Å². The Bertz CT molecular complexity index is 3270. The van der Waals surface area contributed by atoms with Gasteiger partial charge in [-0.2, -0.15) is 0 Å². The second-order valence-electron chi connectivity index (χ2n) is 17.4. The van der Waals surface area contributed by atoms with Crippen molar-refractivity contribution in [3.8, 4) is 27.3 Å². The maximum atomic E-state index is 2.45.